The number of ketones is 1. The largest absolute Gasteiger partial charge is 0.299 e. The van der Waals surface area contributed by atoms with Crippen LogP contribution in [-0.2, 0) is 9.95 Å². The van der Waals surface area contributed by atoms with Gasteiger partial charge in [0.05, 0.1) is 0 Å². The molecule has 0 spiro atoms. The number of fused-ring (bicyclic) bond motifs is 4. The van der Waals surface area contributed by atoms with Gasteiger partial charge in [-0.2, -0.15) is 0 Å². The van der Waals surface area contributed by atoms with Crippen molar-refractivity contribution in [1.29, 1.82) is 0 Å². The maximum Gasteiger partial charge on any atom is 0.138 e. The zero-order valence-electron chi connectivity index (χ0n) is 18.3. The zero-order valence-corrected chi connectivity index (χ0v) is 19.2. The van der Waals surface area contributed by atoms with Crippen LogP contribution in [0, 0.1) is 0 Å². The molecule has 0 aromatic heterocycles. The average Bonchev–Trinajstić information content (AvgIpc) is 2.65. The first-order valence-corrected chi connectivity index (χ1v) is 12.0. The SMILES string of the molecule is C=Cc1cc(C(C)C)c(-c2cccc3c2P2C(=C)CC(=O)CC32C)c(C(C)C)c1. The Morgan fingerprint density at radius 2 is 1.72 bits per heavy atom. The van der Waals surface area contributed by atoms with E-state index in [0.29, 0.717) is 30.5 Å². The zero-order chi connectivity index (χ0) is 21.1. The van der Waals surface area contributed by atoms with Crippen LogP contribution in [0.2, 0.25) is 0 Å². The lowest BCUT2D eigenvalue weighted by atomic mass is 9.81. The summed E-state index contributed by atoms with van der Waals surface area (Å²) in [7, 11) is -0.512. The first-order chi connectivity index (χ1) is 13.7. The summed E-state index contributed by atoms with van der Waals surface area (Å²) >= 11 is 0. The van der Waals surface area contributed by atoms with Gasteiger partial charge >= 0.3 is 0 Å². The molecule has 4 rings (SSSR count). The molecule has 0 radical (unpaired) electrons. The first kappa shape index (κ1) is 20.3. The second kappa shape index (κ2) is 7.06. The molecule has 29 heavy (non-hydrogen) atoms. The van der Waals surface area contributed by atoms with E-state index in [9.17, 15) is 4.79 Å². The highest BCUT2D eigenvalue weighted by atomic mass is 31.1. The summed E-state index contributed by atoms with van der Waals surface area (Å²) in [5.74, 6) is 1.19. The van der Waals surface area contributed by atoms with E-state index in [1.807, 2.05) is 6.08 Å². The van der Waals surface area contributed by atoms with Crippen molar-refractivity contribution in [2.75, 3.05) is 0 Å². The Morgan fingerprint density at radius 3 is 2.28 bits per heavy atom. The van der Waals surface area contributed by atoms with Gasteiger partial charge in [0, 0.05) is 18.0 Å². The monoisotopic (exact) mass is 402 g/mol. The van der Waals surface area contributed by atoms with Crippen molar-refractivity contribution >= 4 is 25.1 Å². The highest BCUT2D eigenvalue weighted by molar-refractivity contribution is 7.73. The molecule has 2 aromatic carbocycles. The van der Waals surface area contributed by atoms with E-state index in [1.165, 1.54) is 38.7 Å². The number of hydrogen-bond donors (Lipinski definition) is 0. The fourth-order valence-electron chi connectivity index (χ4n) is 5.22. The standard InChI is InChI=1S/C27H31OP/c1-8-19-13-22(16(2)3)25(23(14-19)17(4)5)21-10-9-11-24-26(21)29-18(6)12-20(28)15-27(24,29)7/h8-11,13-14,16-17H,1,6,12,15H2,2-5,7H3. The summed E-state index contributed by atoms with van der Waals surface area (Å²) in [5.41, 5.74) is 8.10. The number of hydrogen-bond acceptors (Lipinski definition) is 1. The Hall–Kier alpha value is -1.98. The van der Waals surface area contributed by atoms with E-state index in [1.54, 1.807) is 0 Å². The van der Waals surface area contributed by atoms with Crippen LogP contribution in [0.1, 0.15) is 81.5 Å². The maximum absolute atomic E-state index is 12.3. The molecule has 1 fully saturated rings. The Kier molecular flexibility index (Phi) is 4.94. The summed E-state index contributed by atoms with van der Waals surface area (Å²) in [5, 5.41) is 2.60. The summed E-state index contributed by atoms with van der Waals surface area (Å²) in [6, 6.07) is 11.3. The van der Waals surface area contributed by atoms with E-state index in [0.717, 1.165) is 5.31 Å². The van der Waals surface area contributed by atoms with Crippen LogP contribution in [0.25, 0.3) is 17.2 Å². The van der Waals surface area contributed by atoms with Gasteiger partial charge in [0.2, 0.25) is 0 Å². The number of Topliss-reactive ketones (excluding diaryl/α,β-unsaturated/α-hetero) is 1. The van der Waals surface area contributed by atoms with Gasteiger partial charge in [-0.25, -0.2) is 0 Å². The molecule has 1 nitrogen and oxygen atoms in total. The van der Waals surface area contributed by atoms with Gasteiger partial charge in [0.25, 0.3) is 0 Å². The van der Waals surface area contributed by atoms with Gasteiger partial charge in [0.15, 0.2) is 0 Å². The third kappa shape index (κ3) is 2.98. The number of benzene rings is 2. The molecule has 2 heterocycles. The van der Waals surface area contributed by atoms with Crippen molar-refractivity contribution in [3.8, 4) is 11.1 Å². The lowest BCUT2D eigenvalue weighted by Gasteiger charge is -2.54. The van der Waals surface area contributed by atoms with Crippen LogP contribution in [0.15, 0.2) is 48.8 Å². The molecule has 2 aliphatic heterocycles. The molecule has 1 saturated heterocycles. The molecule has 0 bridgehead atoms. The van der Waals surface area contributed by atoms with Crippen LogP contribution < -0.4 is 5.30 Å². The fraction of sp³-hybridized carbons (Fsp3) is 0.370. The maximum atomic E-state index is 12.3. The molecule has 2 unspecified atom stereocenters. The van der Waals surface area contributed by atoms with Crippen LogP contribution >= 0.6 is 7.92 Å². The molecule has 0 N–H and O–H groups in total. The van der Waals surface area contributed by atoms with Crippen LogP contribution in [0.3, 0.4) is 0 Å². The van der Waals surface area contributed by atoms with Crippen molar-refractivity contribution in [2.45, 2.75) is 64.5 Å². The Balaban J connectivity index is 2.02. The van der Waals surface area contributed by atoms with Gasteiger partial charge in [-0.05, 0) is 63.8 Å². The quantitative estimate of drug-likeness (QED) is 0.485. The van der Waals surface area contributed by atoms with E-state index >= 15 is 0 Å². The second-order valence-corrected chi connectivity index (χ2v) is 12.1. The Bertz CT molecular complexity index is 1010. The number of carbonyl (C=O) groups is 1. The van der Waals surface area contributed by atoms with E-state index in [4.69, 9.17) is 0 Å². The van der Waals surface area contributed by atoms with Crippen molar-refractivity contribution in [3.63, 3.8) is 0 Å². The van der Waals surface area contributed by atoms with E-state index < -0.39 is 7.92 Å². The first-order valence-electron chi connectivity index (χ1n) is 10.6. The van der Waals surface area contributed by atoms with E-state index in [2.05, 4.69) is 78.1 Å². The average molecular weight is 403 g/mol. The van der Waals surface area contributed by atoms with Crippen molar-refractivity contribution in [2.24, 2.45) is 0 Å². The van der Waals surface area contributed by atoms with E-state index in [-0.39, 0.29) is 5.16 Å². The topological polar surface area (TPSA) is 17.1 Å². The second-order valence-electron chi connectivity index (χ2n) is 9.36. The molecule has 150 valence electrons. The molecule has 0 aliphatic carbocycles. The highest BCUT2D eigenvalue weighted by Gasteiger charge is 2.54. The van der Waals surface area contributed by atoms with Crippen molar-refractivity contribution in [1.82, 2.24) is 0 Å². The minimum absolute atomic E-state index is 0.0237. The van der Waals surface area contributed by atoms with Gasteiger partial charge in [-0.1, -0.05) is 84.2 Å². The lowest BCUT2D eigenvalue weighted by molar-refractivity contribution is -0.119. The molecule has 0 saturated carbocycles. The van der Waals surface area contributed by atoms with Gasteiger partial charge in [-0.3, -0.25) is 4.79 Å². The Morgan fingerprint density at radius 1 is 1.10 bits per heavy atom. The smallest absolute Gasteiger partial charge is 0.138 e. The molecule has 0 amide bonds. The number of rotatable bonds is 4. The minimum atomic E-state index is -0.512. The van der Waals surface area contributed by atoms with Crippen molar-refractivity contribution < 1.29 is 4.79 Å². The van der Waals surface area contributed by atoms with Crippen LogP contribution in [-0.4, -0.2) is 5.78 Å². The Labute approximate surface area is 176 Å². The highest BCUT2D eigenvalue weighted by Crippen LogP contribution is 2.73. The molecule has 2 aromatic rings. The molecule has 2 atom stereocenters. The summed E-state index contributed by atoms with van der Waals surface area (Å²) in [4.78, 5) is 12.3. The number of allylic oxidation sites excluding steroid dienone is 1. The third-order valence-electron chi connectivity index (χ3n) is 6.56. The summed E-state index contributed by atoms with van der Waals surface area (Å²) in [6.45, 7) is 19.8. The molecule has 2 heteroatoms. The van der Waals surface area contributed by atoms with Crippen molar-refractivity contribution in [3.05, 3.63) is 71.1 Å². The van der Waals surface area contributed by atoms with Gasteiger partial charge in [0.1, 0.15) is 5.78 Å². The third-order valence-corrected chi connectivity index (χ3v) is 9.67. The lowest BCUT2D eigenvalue weighted by Crippen LogP contribution is -2.45. The normalized spacial score (nSPS) is 23.1. The fourth-order valence-corrected chi connectivity index (χ4v) is 8.65. The molecule has 2 aliphatic rings. The van der Waals surface area contributed by atoms with Gasteiger partial charge < -0.3 is 0 Å². The molecular formula is C27H31OP. The predicted molar refractivity (Wildman–Crippen MR) is 127 cm³/mol. The molecular weight excluding hydrogens is 371 g/mol. The van der Waals surface area contributed by atoms with Crippen LogP contribution in [0.5, 0.6) is 0 Å². The van der Waals surface area contributed by atoms with Gasteiger partial charge in [-0.15, -0.1) is 0 Å². The summed E-state index contributed by atoms with van der Waals surface area (Å²) < 4.78 is 0. The minimum Gasteiger partial charge on any atom is -0.299 e. The number of carbonyl (C=O) groups excluding carboxylic acids is 1. The summed E-state index contributed by atoms with van der Waals surface area (Å²) in [6.07, 6.45) is 3.18. The predicted octanol–water partition coefficient (Wildman–Crippen LogP) is 7.46. The van der Waals surface area contributed by atoms with Crippen LogP contribution in [0.4, 0.5) is 0 Å².